The molecule has 0 bridgehead atoms. The normalized spacial score (nSPS) is 12.8. The van der Waals surface area contributed by atoms with Crippen LogP contribution in [0.15, 0.2) is 0 Å². The van der Waals surface area contributed by atoms with Gasteiger partial charge in [-0.25, -0.2) is 0 Å². The van der Waals surface area contributed by atoms with E-state index in [2.05, 4.69) is 15.0 Å². The number of nitrogens with zero attached hydrogens (tertiary/aromatic N) is 2. The lowest BCUT2D eigenvalue weighted by molar-refractivity contribution is -0.761. The summed E-state index contributed by atoms with van der Waals surface area (Å²) >= 11 is 0. The molecular weight excluding hydrogens is 262 g/mol. The molecule has 0 aliphatic rings. The van der Waals surface area contributed by atoms with Gasteiger partial charge in [0.25, 0.3) is 10.2 Å². The van der Waals surface area contributed by atoms with Crippen LogP contribution in [0.5, 0.6) is 0 Å². The lowest BCUT2D eigenvalue weighted by Crippen LogP contribution is -2.42. The van der Waals surface area contributed by atoms with E-state index in [9.17, 15) is 25.3 Å². The van der Waals surface area contributed by atoms with Crippen LogP contribution in [-0.4, -0.2) is 47.7 Å². The van der Waals surface area contributed by atoms with E-state index in [4.69, 9.17) is 0 Å². The Labute approximate surface area is 109 Å². The van der Waals surface area contributed by atoms with E-state index >= 15 is 0 Å². The second-order valence-corrected chi connectivity index (χ2v) is 4.62. The van der Waals surface area contributed by atoms with Gasteiger partial charge in [-0.2, -0.15) is 0 Å². The molecule has 0 radical (unpaired) electrons. The highest BCUT2D eigenvalue weighted by Gasteiger charge is 2.28. The highest BCUT2D eigenvalue weighted by molar-refractivity contribution is 4.78. The standard InChI is InChI=1S/C9H19N3O7/c1-9(2,7-19-12(16)17)8(13)6-10-4-3-5-18-11(14)15/h8,10,13H,3-7H2,1-2H3. The molecule has 0 aromatic carbocycles. The zero-order valence-electron chi connectivity index (χ0n) is 10.9. The minimum absolute atomic E-state index is 0.0239. The summed E-state index contributed by atoms with van der Waals surface area (Å²) in [7, 11) is 0. The molecule has 0 aliphatic carbocycles. The summed E-state index contributed by atoms with van der Waals surface area (Å²) < 4.78 is 0. The summed E-state index contributed by atoms with van der Waals surface area (Å²) in [6.07, 6.45) is -0.427. The molecule has 1 atom stereocenters. The Morgan fingerprint density at radius 3 is 2.37 bits per heavy atom. The Morgan fingerprint density at radius 1 is 1.26 bits per heavy atom. The van der Waals surface area contributed by atoms with Gasteiger partial charge in [-0.3, -0.25) is 0 Å². The van der Waals surface area contributed by atoms with E-state index in [-0.39, 0.29) is 19.8 Å². The maximum absolute atomic E-state index is 10.1. The van der Waals surface area contributed by atoms with Crippen LogP contribution in [0, 0.1) is 25.6 Å². The molecule has 0 saturated carbocycles. The SMILES string of the molecule is CC(C)(CO[N+](=O)[O-])C(O)CNCCCO[N+](=O)[O-]. The third kappa shape index (κ3) is 8.97. The molecule has 2 N–H and O–H groups in total. The van der Waals surface area contributed by atoms with E-state index in [0.29, 0.717) is 13.0 Å². The molecule has 0 rings (SSSR count). The fraction of sp³-hybridized carbons (Fsp3) is 1.00. The Balaban J connectivity index is 3.74. The van der Waals surface area contributed by atoms with Crippen molar-refractivity contribution < 1.29 is 25.0 Å². The second kappa shape index (κ2) is 8.43. The Morgan fingerprint density at radius 2 is 1.84 bits per heavy atom. The molecule has 112 valence electrons. The van der Waals surface area contributed by atoms with Gasteiger partial charge in [0.2, 0.25) is 0 Å². The maximum Gasteiger partial charge on any atom is 0.294 e. The minimum atomic E-state index is -0.906. The number of aliphatic hydroxyl groups excluding tert-OH is 1. The van der Waals surface area contributed by atoms with Crippen LogP contribution in [0.1, 0.15) is 20.3 Å². The van der Waals surface area contributed by atoms with E-state index < -0.39 is 21.7 Å². The van der Waals surface area contributed by atoms with Gasteiger partial charge in [0.1, 0.15) is 6.61 Å². The van der Waals surface area contributed by atoms with Crippen LogP contribution in [0.4, 0.5) is 0 Å². The topological polar surface area (TPSA) is 137 Å². The molecule has 0 amide bonds. The van der Waals surface area contributed by atoms with Crippen LogP contribution in [0.25, 0.3) is 0 Å². The van der Waals surface area contributed by atoms with Crippen LogP contribution >= 0.6 is 0 Å². The number of hydrogen-bond acceptors (Lipinski definition) is 8. The van der Waals surface area contributed by atoms with Gasteiger partial charge < -0.3 is 20.1 Å². The Bertz CT molecular complexity index is 298. The van der Waals surface area contributed by atoms with Gasteiger partial charge in [-0.05, 0) is 13.0 Å². The molecule has 0 saturated heterocycles. The van der Waals surface area contributed by atoms with Gasteiger partial charge in [-0.15, -0.1) is 20.2 Å². The van der Waals surface area contributed by atoms with E-state index in [1.54, 1.807) is 13.8 Å². The van der Waals surface area contributed by atoms with Crippen molar-refractivity contribution in [3.8, 4) is 0 Å². The summed E-state index contributed by atoms with van der Waals surface area (Å²) in [4.78, 5) is 28.3. The predicted octanol–water partition coefficient (Wildman–Crippen LogP) is -0.230. The zero-order chi connectivity index (χ0) is 14.9. The van der Waals surface area contributed by atoms with Crippen molar-refractivity contribution in [3.63, 3.8) is 0 Å². The Kier molecular flexibility index (Phi) is 7.68. The number of aliphatic hydroxyl groups is 1. The average molecular weight is 281 g/mol. The molecule has 0 aliphatic heterocycles. The molecule has 0 aromatic rings. The summed E-state index contributed by atoms with van der Waals surface area (Å²) in [6, 6.07) is 0. The molecule has 0 aromatic heterocycles. The van der Waals surface area contributed by atoms with Gasteiger partial charge in [0.05, 0.1) is 12.7 Å². The molecule has 0 heterocycles. The molecule has 0 spiro atoms. The van der Waals surface area contributed by atoms with E-state index in [1.165, 1.54) is 0 Å². The van der Waals surface area contributed by atoms with Crippen molar-refractivity contribution in [3.05, 3.63) is 20.2 Å². The molecule has 0 fully saturated rings. The highest BCUT2D eigenvalue weighted by atomic mass is 17.0. The minimum Gasteiger partial charge on any atom is -0.391 e. The lowest BCUT2D eigenvalue weighted by atomic mass is 9.87. The first-order chi connectivity index (χ1) is 8.75. The third-order valence-electron chi connectivity index (χ3n) is 2.48. The number of hydrogen-bond donors (Lipinski definition) is 2. The van der Waals surface area contributed by atoms with Gasteiger partial charge in [-0.1, -0.05) is 13.8 Å². The maximum atomic E-state index is 10.1. The monoisotopic (exact) mass is 281 g/mol. The summed E-state index contributed by atoms with van der Waals surface area (Å²) in [6.45, 7) is 3.66. The van der Waals surface area contributed by atoms with Gasteiger partial charge >= 0.3 is 0 Å². The molecular formula is C9H19N3O7. The zero-order valence-corrected chi connectivity index (χ0v) is 10.9. The number of rotatable bonds is 11. The van der Waals surface area contributed by atoms with Crippen molar-refractivity contribution in [2.75, 3.05) is 26.3 Å². The van der Waals surface area contributed by atoms with Crippen molar-refractivity contribution in [2.45, 2.75) is 26.4 Å². The largest absolute Gasteiger partial charge is 0.391 e. The van der Waals surface area contributed by atoms with Gasteiger partial charge in [0, 0.05) is 12.0 Å². The summed E-state index contributed by atoms with van der Waals surface area (Å²) in [5.41, 5.74) is -0.780. The van der Waals surface area contributed by atoms with Crippen LogP contribution in [-0.2, 0) is 9.68 Å². The third-order valence-corrected chi connectivity index (χ3v) is 2.48. The quantitative estimate of drug-likeness (QED) is 0.301. The molecule has 1 unspecified atom stereocenters. The van der Waals surface area contributed by atoms with Crippen LogP contribution < -0.4 is 5.32 Å². The van der Waals surface area contributed by atoms with Crippen LogP contribution in [0.2, 0.25) is 0 Å². The second-order valence-electron chi connectivity index (χ2n) is 4.62. The fourth-order valence-electron chi connectivity index (χ4n) is 1.17. The first-order valence-corrected chi connectivity index (χ1v) is 5.69. The van der Waals surface area contributed by atoms with Crippen LogP contribution in [0.3, 0.4) is 0 Å². The highest BCUT2D eigenvalue weighted by Crippen LogP contribution is 2.20. The first kappa shape index (κ1) is 17.3. The van der Waals surface area contributed by atoms with Crippen molar-refractivity contribution in [1.29, 1.82) is 0 Å². The predicted molar refractivity (Wildman–Crippen MR) is 63.2 cm³/mol. The lowest BCUT2D eigenvalue weighted by Gasteiger charge is -2.29. The smallest absolute Gasteiger partial charge is 0.294 e. The van der Waals surface area contributed by atoms with E-state index in [1.807, 2.05) is 0 Å². The first-order valence-electron chi connectivity index (χ1n) is 5.69. The van der Waals surface area contributed by atoms with Crippen molar-refractivity contribution in [2.24, 2.45) is 5.41 Å². The molecule has 10 nitrogen and oxygen atoms in total. The van der Waals surface area contributed by atoms with Crippen molar-refractivity contribution in [1.82, 2.24) is 5.32 Å². The summed E-state index contributed by atoms with van der Waals surface area (Å²) in [5.74, 6) is 0. The van der Waals surface area contributed by atoms with Gasteiger partial charge in [0.15, 0.2) is 0 Å². The van der Waals surface area contributed by atoms with E-state index in [0.717, 1.165) is 0 Å². The fourth-order valence-corrected chi connectivity index (χ4v) is 1.17. The molecule has 10 heteroatoms. The molecule has 19 heavy (non-hydrogen) atoms. The van der Waals surface area contributed by atoms with Crippen molar-refractivity contribution >= 4 is 0 Å². The Hall–Kier alpha value is -1.68. The summed E-state index contributed by atoms with van der Waals surface area (Å²) in [5, 5.41) is 30.9. The average Bonchev–Trinajstić information content (AvgIpc) is 2.30. The number of nitrogens with one attached hydrogen (secondary N) is 1.